The van der Waals surface area contributed by atoms with Crippen LogP contribution in [0.25, 0.3) is 0 Å². The molecule has 0 radical (unpaired) electrons. The van der Waals surface area contributed by atoms with E-state index >= 15 is 0 Å². The Morgan fingerprint density at radius 3 is 2.37 bits per heavy atom. The maximum absolute atomic E-state index is 3.68. The van der Waals surface area contributed by atoms with Crippen LogP contribution in [0.5, 0.6) is 0 Å². The molecule has 0 aliphatic carbocycles. The van der Waals surface area contributed by atoms with E-state index in [1.807, 2.05) is 0 Å². The van der Waals surface area contributed by atoms with E-state index in [9.17, 15) is 0 Å². The summed E-state index contributed by atoms with van der Waals surface area (Å²) in [7, 11) is 0. The molecule has 0 aromatic heterocycles. The van der Waals surface area contributed by atoms with E-state index in [-0.39, 0.29) is 0 Å². The maximum Gasteiger partial charge on any atom is 0.0218 e. The van der Waals surface area contributed by atoms with Gasteiger partial charge in [0.2, 0.25) is 0 Å². The minimum atomic E-state index is 0.692. The van der Waals surface area contributed by atoms with Crippen molar-refractivity contribution in [1.82, 2.24) is 10.2 Å². The number of unbranched alkanes of at least 4 members (excludes halogenated alkanes) is 3. The summed E-state index contributed by atoms with van der Waals surface area (Å²) in [5.74, 6) is 1.63. The average molecular weight is 268 g/mol. The van der Waals surface area contributed by atoms with Gasteiger partial charge in [-0.25, -0.2) is 0 Å². The summed E-state index contributed by atoms with van der Waals surface area (Å²) in [5, 5.41) is 3.68. The first kappa shape index (κ1) is 17.0. The van der Waals surface area contributed by atoms with Crippen LogP contribution in [0.1, 0.15) is 66.7 Å². The van der Waals surface area contributed by atoms with Gasteiger partial charge in [-0.15, -0.1) is 0 Å². The zero-order chi connectivity index (χ0) is 14.3. The highest BCUT2D eigenvalue weighted by molar-refractivity contribution is 4.85. The van der Waals surface area contributed by atoms with Crippen LogP contribution in [0.15, 0.2) is 0 Å². The molecule has 1 aliphatic heterocycles. The minimum absolute atomic E-state index is 0.692. The lowest BCUT2D eigenvalue weighted by atomic mass is 9.99. The van der Waals surface area contributed by atoms with Crippen LogP contribution in [0.3, 0.4) is 0 Å². The Morgan fingerprint density at radius 1 is 1.05 bits per heavy atom. The average Bonchev–Trinajstić information content (AvgIpc) is 2.34. The van der Waals surface area contributed by atoms with Crippen molar-refractivity contribution in [2.75, 3.05) is 19.6 Å². The van der Waals surface area contributed by atoms with E-state index in [0.29, 0.717) is 12.1 Å². The highest BCUT2D eigenvalue weighted by Gasteiger charge is 2.25. The molecule has 114 valence electrons. The molecule has 2 nitrogen and oxygen atoms in total. The molecular formula is C17H36N2. The summed E-state index contributed by atoms with van der Waals surface area (Å²) in [6.45, 7) is 15.4. The molecule has 1 fully saturated rings. The normalized spacial score (nSPS) is 25.4. The number of hydrogen-bond donors (Lipinski definition) is 1. The number of nitrogens with zero attached hydrogens (tertiary/aromatic N) is 1. The van der Waals surface area contributed by atoms with Crippen molar-refractivity contribution in [3.8, 4) is 0 Å². The molecule has 2 heteroatoms. The first-order chi connectivity index (χ1) is 9.00. The van der Waals surface area contributed by atoms with Crippen molar-refractivity contribution in [3.63, 3.8) is 0 Å². The molecule has 2 unspecified atom stereocenters. The Kier molecular flexibility index (Phi) is 8.01. The van der Waals surface area contributed by atoms with E-state index in [2.05, 4.69) is 44.8 Å². The third kappa shape index (κ3) is 6.76. The first-order valence-electron chi connectivity index (χ1n) is 8.48. The molecule has 0 bridgehead atoms. The van der Waals surface area contributed by atoms with Gasteiger partial charge in [0.1, 0.15) is 0 Å². The number of hydrogen-bond acceptors (Lipinski definition) is 2. The molecule has 0 aromatic rings. The summed E-state index contributed by atoms with van der Waals surface area (Å²) in [5.41, 5.74) is 0. The molecule has 0 spiro atoms. The van der Waals surface area contributed by atoms with Crippen LogP contribution in [0, 0.1) is 11.8 Å². The third-order valence-corrected chi connectivity index (χ3v) is 4.51. The van der Waals surface area contributed by atoms with Crippen LogP contribution in [0.2, 0.25) is 0 Å². The Labute approximate surface area is 121 Å². The zero-order valence-electron chi connectivity index (χ0n) is 13.9. The molecule has 1 heterocycles. The highest BCUT2D eigenvalue weighted by atomic mass is 15.2. The summed E-state index contributed by atoms with van der Waals surface area (Å²) in [6, 6.07) is 1.41. The smallest absolute Gasteiger partial charge is 0.0218 e. The van der Waals surface area contributed by atoms with Crippen molar-refractivity contribution in [2.24, 2.45) is 11.8 Å². The van der Waals surface area contributed by atoms with Gasteiger partial charge in [-0.05, 0) is 31.7 Å². The van der Waals surface area contributed by atoms with Gasteiger partial charge in [0, 0.05) is 25.2 Å². The van der Waals surface area contributed by atoms with Gasteiger partial charge in [-0.3, -0.25) is 4.90 Å². The molecule has 0 aromatic carbocycles. The highest BCUT2D eigenvalue weighted by Crippen LogP contribution is 2.15. The van der Waals surface area contributed by atoms with Gasteiger partial charge in [-0.2, -0.15) is 0 Å². The van der Waals surface area contributed by atoms with Gasteiger partial charge >= 0.3 is 0 Å². The second kappa shape index (κ2) is 8.97. The van der Waals surface area contributed by atoms with E-state index in [1.165, 1.54) is 45.2 Å². The second-order valence-electron chi connectivity index (χ2n) is 7.20. The van der Waals surface area contributed by atoms with Crippen molar-refractivity contribution in [1.29, 1.82) is 0 Å². The predicted molar refractivity (Wildman–Crippen MR) is 85.6 cm³/mol. The lowest BCUT2D eigenvalue weighted by molar-refractivity contribution is 0.121. The molecule has 0 saturated carbocycles. The van der Waals surface area contributed by atoms with E-state index < -0.39 is 0 Å². The fraction of sp³-hybridized carbons (Fsp3) is 1.00. The second-order valence-corrected chi connectivity index (χ2v) is 7.20. The number of nitrogens with one attached hydrogen (secondary N) is 1. The molecule has 19 heavy (non-hydrogen) atoms. The quantitative estimate of drug-likeness (QED) is 0.671. The summed E-state index contributed by atoms with van der Waals surface area (Å²) < 4.78 is 0. The molecule has 1 rings (SSSR count). The van der Waals surface area contributed by atoms with Gasteiger partial charge in [0.05, 0.1) is 0 Å². The van der Waals surface area contributed by atoms with E-state index in [4.69, 9.17) is 0 Å². The summed E-state index contributed by atoms with van der Waals surface area (Å²) in [6.07, 6.45) is 7.04. The Balaban J connectivity index is 2.13. The van der Waals surface area contributed by atoms with Crippen LogP contribution in [-0.2, 0) is 0 Å². The van der Waals surface area contributed by atoms with E-state index in [0.717, 1.165) is 18.4 Å². The van der Waals surface area contributed by atoms with Crippen molar-refractivity contribution < 1.29 is 0 Å². The molecule has 0 amide bonds. The SMILES string of the molecule is CC(C)CCCCCCN1CC(C(C)C)NCC1C. The van der Waals surface area contributed by atoms with Gasteiger partial charge in [-0.1, -0.05) is 53.4 Å². The standard InChI is InChI=1S/C17H36N2/c1-14(2)10-8-6-7-9-11-19-13-17(15(3)4)18-12-16(19)5/h14-18H,6-13H2,1-5H3. The zero-order valence-corrected chi connectivity index (χ0v) is 13.9. The number of rotatable bonds is 8. The van der Waals surface area contributed by atoms with Crippen molar-refractivity contribution in [3.05, 3.63) is 0 Å². The van der Waals surface area contributed by atoms with Gasteiger partial charge in [0.25, 0.3) is 0 Å². The predicted octanol–water partition coefficient (Wildman–Crippen LogP) is 3.91. The fourth-order valence-electron chi connectivity index (χ4n) is 2.93. The van der Waals surface area contributed by atoms with Gasteiger partial charge < -0.3 is 5.32 Å². The Morgan fingerprint density at radius 2 is 1.74 bits per heavy atom. The van der Waals surface area contributed by atoms with Crippen LogP contribution in [-0.4, -0.2) is 36.6 Å². The van der Waals surface area contributed by atoms with Crippen LogP contribution < -0.4 is 5.32 Å². The summed E-state index contributed by atoms with van der Waals surface area (Å²) >= 11 is 0. The van der Waals surface area contributed by atoms with Crippen LogP contribution >= 0.6 is 0 Å². The van der Waals surface area contributed by atoms with Crippen molar-refractivity contribution >= 4 is 0 Å². The third-order valence-electron chi connectivity index (χ3n) is 4.51. The fourth-order valence-corrected chi connectivity index (χ4v) is 2.93. The Hall–Kier alpha value is -0.0800. The molecular weight excluding hydrogens is 232 g/mol. The minimum Gasteiger partial charge on any atom is -0.311 e. The van der Waals surface area contributed by atoms with Crippen molar-refractivity contribution in [2.45, 2.75) is 78.8 Å². The topological polar surface area (TPSA) is 15.3 Å². The largest absolute Gasteiger partial charge is 0.311 e. The Bertz CT molecular complexity index is 225. The maximum atomic E-state index is 3.68. The first-order valence-corrected chi connectivity index (χ1v) is 8.48. The van der Waals surface area contributed by atoms with E-state index in [1.54, 1.807) is 0 Å². The molecule has 1 aliphatic rings. The number of piperazine rings is 1. The molecule has 1 N–H and O–H groups in total. The molecule has 2 atom stereocenters. The van der Waals surface area contributed by atoms with Gasteiger partial charge in [0.15, 0.2) is 0 Å². The monoisotopic (exact) mass is 268 g/mol. The lowest BCUT2D eigenvalue weighted by Crippen LogP contribution is -2.57. The summed E-state index contributed by atoms with van der Waals surface area (Å²) in [4.78, 5) is 2.70. The van der Waals surface area contributed by atoms with Crippen LogP contribution in [0.4, 0.5) is 0 Å². The molecule has 1 saturated heterocycles. The lowest BCUT2D eigenvalue weighted by Gasteiger charge is -2.40.